The minimum Gasteiger partial charge on any atom is -0.355 e. The highest BCUT2D eigenvalue weighted by Gasteiger charge is 2.10. The van der Waals surface area contributed by atoms with Crippen LogP contribution in [0.15, 0.2) is 106 Å². The normalized spacial score (nSPS) is 20.5. The zero-order chi connectivity index (χ0) is 15.9. The summed E-state index contributed by atoms with van der Waals surface area (Å²) < 4.78 is 0. The highest BCUT2D eigenvalue weighted by atomic mass is 14.7. The zero-order valence-electron chi connectivity index (χ0n) is 13.3. The van der Waals surface area contributed by atoms with Crippen molar-refractivity contribution in [1.82, 2.24) is 4.98 Å². The van der Waals surface area contributed by atoms with Crippen LogP contribution in [0.4, 0.5) is 0 Å². The van der Waals surface area contributed by atoms with Gasteiger partial charge in [0.1, 0.15) is 0 Å². The summed E-state index contributed by atoms with van der Waals surface area (Å²) in [5.74, 6) is 0. The molecule has 24 heavy (non-hydrogen) atoms. The van der Waals surface area contributed by atoms with Crippen LogP contribution in [0.2, 0.25) is 0 Å². The van der Waals surface area contributed by atoms with Crippen molar-refractivity contribution in [2.45, 2.75) is 6.42 Å². The van der Waals surface area contributed by atoms with Gasteiger partial charge in [-0.15, -0.1) is 0 Å². The fourth-order valence-electron chi connectivity index (χ4n) is 3.47. The molecule has 0 amide bonds. The monoisotopic (exact) mass is 307 g/mol. The van der Waals surface area contributed by atoms with Crippen LogP contribution in [0, 0.1) is 0 Å². The maximum absolute atomic E-state index is 3.47. The highest BCUT2D eigenvalue weighted by Crippen LogP contribution is 2.29. The van der Waals surface area contributed by atoms with Gasteiger partial charge in [-0.25, -0.2) is 0 Å². The van der Waals surface area contributed by atoms with Gasteiger partial charge in [0.25, 0.3) is 0 Å². The molecule has 114 valence electrons. The molecule has 0 fully saturated rings. The quantitative estimate of drug-likeness (QED) is 0.642. The molecule has 1 heteroatoms. The number of nitrogens with one attached hydrogen (secondary N) is 1. The van der Waals surface area contributed by atoms with Crippen LogP contribution in [-0.2, 0) is 0 Å². The number of allylic oxidation sites excluding steroid dienone is 16. The van der Waals surface area contributed by atoms with Crippen LogP contribution in [0.5, 0.6) is 0 Å². The van der Waals surface area contributed by atoms with Crippen LogP contribution in [0.3, 0.4) is 0 Å². The lowest BCUT2D eigenvalue weighted by Crippen LogP contribution is -1.79. The minimum absolute atomic E-state index is 1.01. The van der Waals surface area contributed by atoms with E-state index in [2.05, 4.69) is 90.0 Å². The Bertz CT molecular complexity index is 926. The summed E-state index contributed by atoms with van der Waals surface area (Å²) in [5, 5.41) is 0. The van der Waals surface area contributed by atoms with Crippen molar-refractivity contribution in [3.63, 3.8) is 0 Å². The molecule has 0 unspecified atom stereocenters. The molecule has 0 saturated heterocycles. The van der Waals surface area contributed by atoms with Crippen molar-refractivity contribution < 1.29 is 0 Å². The largest absolute Gasteiger partial charge is 0.355 e. The maximum atomic E-state index is 3.47. The third-order valence-corrected chi connectivity index (χ3v) is 4.60. The molecule has 4 aliphatic rings. The van der Waals surface area contributed by atoms with E-state index in [4.69, 9.17) is 0 Å². The summed E-state index contributed by atoms with van der Waals surface area (Å²) in [4.78, 5) is 3.47. The van der Waals surface area contributed by atoms with Gasteiger partial charge < -0.3 is 4.98 Å². The number of hydrogen-bond donors (Lipinski definition) is 1. The van der Waals surface area contributed by atoms with Crippen molar-refractivity contribution >= 4 is 12.2 Å². The van der Waals surface area contributed by atoms with Crippen LogP contribution in [0.25, 0.3) is 12.2 Å². The first-order chi connectivity index (χ1) is 11.8. The molecular formula is C23H17N. The lowest BCUT2D eigenvalue weighted by atomic mass is 10.1. The molecule has 1 aromatic rings. The minimum atomic E-state index is 1.01. The summed E-state index contributed by atoms with van der Waals surface area (Å²) in [7, 11) is 0. The van der Waals surface area contributed by atoms with Gasteiger partial charge in [0.2, 0.25) is 0 Å². The van der Waals surface area contributed by atoms with E-state index < -0.39 is 0 Å². The first-order valence-electron chi connectivity index (χ1n) is 8.31. The van der Waals surface area contributed by atoms with Gasteiger partial charge in [-0.1, -0.05) is 48.6 Å². The van der Waals surface area contributed by atoms with Crippen LogP contribution in [-0.4, -0.2) is 4.98 Å². The van der Waals surface area contributed by atoms with Crippen LogP contribution in [0.1, 0.15) is 17.8 Å². The van der Waals surface area contributed by atoms with Crippen molar-refractivity contribution in [3.8, 4) is 0 Å². The molecule has 0 spiro atoms. The second kappa shape index (κ2) is 5.24. The Morgan fingerprint density at radius 2 is 0.958 bits per heavy atom. The van der Waals surface area contributed by atoms with Gasteiger partial charge in [0, 0.05) is 11.4 Å². The number of H-pyrrole nitrogens is 1. The van der Waals surface area contributed by atoms with Crippen LogP contribution < -0.4 is 0 Å². The molecule has 3 aliphatic carbocycles. The lowest BCUT2D eigenvalue weighted by Gasteiger charge is -1.97. The molecule has 0 aromatic carbocycles. The maximum Gasteiger partial charge on any atom is 0.0390 e. The second-order valence-electron chi connectivity index (χ2n) is 6.56. The molecule has 5 rings (SSSR count). The molecule has 1 aliphatic heterocycles. The Morgan fingerprint density at radius 1 is 0.500 bits per heavy atom. The van der Waals surface area contributed by atoms with Crippen molar-refractivity contribution in [2.75, 3.05) is 0 Å². The van der Waals surface area contributed by atoms with E-state index >= 15 is 0 Å². The van der Waals surface area contributed by atoms with E-state index in [9.17, 15) is 0 Å². The van der Waals surface area contributed by atoms with Crippen molar-refractivity contribution in [3.05, 3.63) is 118 Å². The smallest absolute Gasteiger partial charge is 0.0390 e. The molecular weight excluding hydrogens is 290 g/mol. The predicted molar refractivity (Wildman–Crippen MR) is 101 cm³/mol. The summed E-state index contributed by atoms with van der Waals surface area (Å²) in [6.45, 7) is 0. The van der Waals surface area contributed by atoms with E-state index in [1.165, 1.54) is 33.4 Å². The topological polar surface area (TPSA) is 15.8 Å². The molecule has 0 atom stereocenters. The first kappa shape index (κ1) is 13.4. The number of aromatic amines is 1. The Balaban J connectivity index is 1.64. The third kappa shape index (κ3) is 2.55. The van der Waals surface area contributed by atoms with E-state index in [0.29, 0.717) is 0 Å². The predicted octanol–water partition coefficient (Wildman–Crippen LogP) is 5.60. The fraction of sp³-hybridized carbons (Fsp3) is 0.0435. The third-order valence-electron chi connectivity index (χ3n) is 4.60. The zero-order valence-corrected chi connectivity index (χ0v) is 13.3. The van der Waals surface area contributed by atoms with Gasteiger partial charge in [0.15, 0.2) is 0 Å². The fourth-order valence-corrected chi connectivity index (χ4v) is 3.47. The Morgan fingerprint density at radius 3 is 1.46 bits per heavy atom. The van der Waals surface area contributed by atoms with Gasteiger partial charge in [-0.05, 0) is 76.3 Å². The molecule has 1 aromatic heterocycles. The summed E-state index contributed by atoms with van der Waals surface area (Å²) in [5.41, 5.74) is 10.00. The Hall–Kier alpha value is -3.06. The molecule has 0 saturated carbocycles. The highest BCUT2D eigenvalue weighted by molar-refractivity contribution is 5.68. The van der Waals surface area contributed by atoms with Crippen LogP contribution >= 0.6 is 0 Å². The van der Waals surface area contributed by atoms with Crippen molar-refractivity contribution in [1.29, 1.82) is 0 Å². The standard InChI is InChI=1S/C23H17N/c1-2-17-9-16(1)10-18-3-5-20(12-18)14-22-7-8-23(24-22)15-21-6-4-19(11-17)13-21/h1-8,10-15,24H,9H2. The van der Waals surface area contributed by atoms with Gasteiger partial charge in [-0.2, -0.15) is 0 Å². The van der Waals surface area contributed by atoms with Gasteiger partial charge in [-0.3, -0.25) is 0 Å². The average Bonchev–Trinajstić information content (AvgIpc) is 3.32. The average molecular weight is 307 g/mol. The van der Waals surface area contributed by atoms with Gasteiger partial charge in [0.05, 0.1) is 0 Å². The SMILES string of the molecule is C1=CC2=Cc3ccc([nH]3)C=C3C=CC(=C3)C=C3C=CC(=CC1=C2)C3. The first-order valence-corrected chi connectivity index (χ1v) is 8.31. The van der Waals surface area contributed by atoms with Crippen molar-refractivity contribution in [2.24, 2.45) is 0 Å². The number of aromatic nitrogens is 1. The van der Waals surface area contributed by atoms with E-state index in [1.807, 2.05) is 0 Å². The van der Waals surface area contributed by atoms with E-state index in [1.54, 1.807) is 0 Å². The molecule has 1 N–H and O–H groups in total. The number of fused-ring (bicyclic) bond motifs is 6. The summed E-state index contributed by atoms with van der Waals surface area (Å²) >= 11 is 0. The number of hydrogen-bond acceptors (Lipinski definition) is 0. The van der Waals surface area contributed by atoms with E-state index in [-0.39, 0.29) is 0 Å². The Labute approximate surface area is 141 Å². The number of rotatable bonds is 0. The lowest BCUT2D eigenvalue weighted by molar-refractivity contribution is 1.26. The van der Waals surface area contributed by atoms with E-state index in [0.717, 1.165) is 17.8 Å². The van der Waals surface area contributed by atoms with Gasteiger partial charge >= 0.3 is 0 Å². The molecule has 2 heterocycles. The summed E-state index contributed by atoms with van der Waals surface area (Å²) in [6, 6.07) is 4.26. The Kier molecular flexibility index (Phi) is 2.92. The second-order valence-corrected chi connectivity index (χ2v) is 6.56. The molecule has 1 nitrogen and oxygen atoms in total. The molecule has 0 radical (unpaired) electrons. The summed E-state index contributed by atoms with van der Waals surface area (Å²) in [6.07, 6.45) is 27.6. The molecule has 8 bridgehead atoms.